The Morgan fingerprint density at radius 2 is 1.77 bits per heavy atom. The van der Waals surface area contributed by atoms with Crippen LogP contribution in [0.4, 0.5) is 0 Å². The summed E-state index contributed by atoms with van der Waals surface area (Å²) in [6, 6.07) is 5.78. The van der Waals surface area contributed by atoms with Crippen LogP contribution in [0.2, 0.25) is 0 Å². The molecule has 3 heterocycles. The first-order valence-electron chi connectivity index (χ1n) is 10.9. The van der Waals surface area contributed by atoms with Gasteiger partial charge < -0.3 is 10.2 Å². The Morgan fingerprint density at radius 3 is 2.43 bits per heavy atom. The van der Waals surface area contributed by atoms with Gasteiger partial charge in [-0.1, -0.05) is 18.9 Å². The fourth-order valence-corrected chi connectivity index (χ4v) is 5.01. The molecule has 1 aromatic heterocycles. The third-order valence-electron chi connectivity index (χ3n) is 6.59. The summed E-state index contributed by atoms with van der Waals surface area (Å²) >= 11 is 0. The summed E-state index contributed by atoms with van der Waals surface area (Å²) < 4.78 is 0. The van der Waals surface area contributed by atoms with Crippen molar-refractivity contribution in [3.63, 3.8) is 0 Å². The van der Waals surface area contributed by atoms with Gasteiger partial charge >= 0.3 is 0 Å². The molecule has 2 saturated heterocycles. The van der Waals surface area contributed by atoms with Crippen molar-refractivity contribution in [3.8, 4) is 0 Å². The van der Waals surface area contributed by atoms with E-state index in [0.29, 0.717) is 6.54 Å². The largest absolute Gasteiger partial charge is 0.332 e. The minimum atomic E-state index is -0.213. The Balaban J connectivity index is 0.00000256. The van der Waals surface area contributed by atoms with Crippen molar-refractivity contribution in [3.05, 3.63) is 30.1 Å². The van der Waals surface area contributed by atoms with Crippen LogP contribution in [-0.4, -0.2) is 58.2 Å². The fourth-order valence-electron chi connectivity index (χ4n) is 5.01. The third-order valence-corrected chi connectivity index (χ3v) is 6.59. The second-order valence-corrected chi connectivity index (χ2v) is 8.44. The van der Waals surface area contributed by atoms with Crippen molar-refractivity contribution in [1.29, 1.82) is 0 Å². The minimum absolute atomic E-state index is 0. The van der Waals surface area contributed by atoms with Gasteiger partial charge in [-0.2, -0.15) is 0 Å². The Morgan fingerprint density at radius 1 is 1.03 bits per heavy atom. The molecule has 2 aliphatic heterocycles. The van der Waals surface area contributed by atoms with Gasteiger partial charge in [0.25, 0.3) is 0 Å². The summed E-state index contributed by atoms with van der Waals surface area (Å²) in [6.07, 6.45) is 8.03. The lowest BCUT2D eigenvalue weighted by molar-refractivity contribution is -0.148. The van der Waals surface area contributed by atoms with Crippen molar-refractivity contribution in [1.82, 2.24) is 20.1 Å². The van der Waals surface area contributed by atoms with E-state index in [0.717, 1.165) is 63.7 Å². The van der Waals surface area contributed by atoms with Crippen LogP contribution < -0.4 is 5.32 Å². The highest BCUT2D eigenvalue weighted by Crippen LogP contribution is 2.38. The summed E-state index contributed by atoms with van der Waals surface area (Å²) in [5, 5.41) is 3.38. The van der Waals surface area contributed by atoms with Gasteiger partial charge in [-0.15, -0.1) is 12.4 Å². The van der Waals surface area contributed by atoms with Crippen LogP contribution in [-0.2, 0) is 20.9 Å². The Bertz CT molecular complexity index is 728. The Hall–Kier alpha value is -1.99. The Kier molecular flexibility index (Phi) is 7.83. The molecular weight excluding hydrogens is 404 g/mol. The van der Waals surface area contributed by atoms with Crippen LogP contribution in [0.15, 0.2) is 24.4 Å². The number of hydrogen-bond acceptors (Lipinski definition) is 5. The molecule has 3 fully saturated rings. The zero-order valence-corrected chi connectivity index (χ0v) is 18.1. The van der Waals surface area contributed by atoms with Crippen molar-refractivity contribution in [2.75, 3.05) is 19.6 Å². The lowest BCUT2D eigenvalue weighted by Gasteiger charge is -2.32. The fraction of sp³-hybridized carbons (Fsp3) is 0.636. The van der Waals surface area contributed by atoms with Gasteiger partial charge in [0.1, 0.15) is 6.54 Å². The van der Waals surface area contributed by atoms with E-state index in [1.807, 2.05) is 23.1 Å². The van der Waals surface area contributed by atoms with Crippen molar-refractivity contribution in [2.24, 2.45) is 11.8 Å². The molecule has 3 amide bonds. The number of carbonyl (C=O) groups is 3. The number of amides is 3. The number of pyridine rings is 1. The number of hydrogen-bond donors (Lipinski definition) is 1. The second kappa shape index (κ2) is 10.4. The molecule has 164 valence electrons. The van der Waals surface area contributed by atoms with E-state index in [-0.39, 0.29) is 54.6 Å². The zero-order chi connectivity index (χ0) is 20.2. The zero-order valence-electron chi connectivity index (χ0n) is 17.3. The number of imide groups is 1. The number of fused-ring (bicyclic) bond motifs is 1. The van der Waals surface area contributed by atoms with E-state index < -0.39 is 0 Å². The number of nitrogens with zero attached hydrogens (tertiary/aromatic N) is 3. The molecule has 1 aromatic rings. The third kappa shape index (κ3) is 4.83. The van der Waals surface area contributed by atoms with Crippen molar-refractivity contribution in [2.45, 2.75) is 57.5 Å². The van der Waals surface area contributed by atoms with E-state index in [4.69, 9.17) is 0 Å². The lowest BCUT2D eigenvalue weighted by Crippen LogP contribution is -2.47. The van der Waals surface area contributed by atoms with Gasteiger partial charge in [0, 0.05) is 12.2 Å². The molecule has 3 aliphatic rings. The summed E-state index contributed by atoms with van der Waals surface area (Å²) in [6.45, 7) is 2.09. The predicted octanol–water partition coefficient (Wildman–Crippen LogP) is 2.15. The summed E-state index contributed by atoms with van der Waals surface area (Å²) in [4.78, 5) is 46.4. The molecule has 0 aromatic carbocycles. The molecule has 3 atom stereocenters. The van der Waals surface area contributed by atoms with E-state index in [9.17, 15) is 14.4 Å². The van der Waals surface area contributed by atoms with Crippen molar-refractivity contribution < 1.29 is 14.4 Å². The topological polar surface area (TPSA) is 82.6 Å². The van der Waals surface area contributed by atoms with Crippen LogP contribution in [0.1, 0.15) is 50.6 Å². The lowest BCUT2D eigenvalue weighted by atomic mass is 9.81. The SMILES string of the molecule is Cl.O=C1C2CCCCC2C(=O)N1CC(=O)N(Cc1ccccn1)C1CCCNCC1. The van der Waals surface area contributed by atoms with Crippen molar-refractivity contribution >= 4 is 30.1 Å². The molecule has 7 nitrogen and oxygen atoms in total. The molecule has 0 bridgehead atoms. The molecule has 0 radical (unpaired) electrons. The van der Waals surface area contributed by atoms with Crippen LogP contribution in [0.3, 0.4) is 0 Å². The van der Waals surface area contributed by atoms with Gasteiger partial charge in [-0.05, 0) is 57.3 Å². The maximum Gasteiger partial charge on any atom is 0.243 e. The molecule has 4 rings (SSSR count). The molecule has 0 spiro atoms. The minimum Gasteiger partial charge on any atom is -0.332 e. The highest BCUT2D eigenvalue weighted by atomic mass is 35.5. The van der Waals surface area contributed by atoms with Crippen LogP contribution in [0.25, 0.3) is 0 Å². The number of aromatic nitrogens is 1. The highest BCUT2D eigenvalue weighted by Gasteiger charge is 2.49. The number of carbonyl (C=O) groups excluding carboxylic acids is 3. The predicted molar refractivity (Wildman–Crippen MR) is 115 cm³/mol. The summed E-state index contributed by atoms with van der Waals surface area (Å²) in [5.74, 6) is -0.865. The van der Waals surface area contributed by atoms with E-state index in [1.165, 1.54) is 4.90 Å². The molecule has 1 N–H and O–H groups in total. The van der Waals surface area contributed by atoms with E-state index >= 15 is 0 Å². The number of likely N-dealkylation sites (tertiary alicyclic amines) is 1. The van der Waals surface area contributed by atoms with Crippen LogP contribution in [0, 0.1) is 11.8 Å². The van der Waals surface area contributed by atoms with Crippen LogP contribution in [0.5, 0.6) is 0 Å². The van der Waals surface area contributed by atoms with Gasteiger partial charge in [0.05, 0.1) is 24.1 Å². The molecule has 1 aliphatic carbocycles. The maximum absolute atomic E-state index is 13.3. The van der Waals surface area contributed by atoms with Gasteiger partial charge in [-0.25, -0.2) is 0 Å². The maximum atomic E-state index is 13.3. The number of rotatable bonds is 5. The first-order chi connectivity index (χ1) is 14.1. The van der Waals surface area contributed by atoms with E-state index in [1.54, 1.807) is 6.20 Å². The van der Waals surface area contributed by atoms with Crippen LogP contribution >= 0.6 is 12.4 Å². The quantitative estimate of drug-likeness (QED) is 0.718. The molecule has 3 unspecified atom stereocenters. The molecule has 30 heavy (non-hydrogen) atoms. The first kappa shape index (κ1) is 22.7. The monoisotopic (exact) mass is 434 g/mol. The molecular formula is C22H31ClN4O3. The van der Waals surface area contributed by atoms with Gasteiger partial charge in [-0.3, -0.25) is 24.3 Å². The van der Waals surface area contributed by atoms with Gasteiger partial charge in [0.15, 0.2) is 0 Å². The standard InChI is InChI=1S/C22H30N4O3.ClH/c27-20(15-26-21(28)18-8-1-2-9-19(18)22(26)29)25(14-16-6-3-4-12-24-16)17-7-5-11-23-13-10-17;/h3-4,6,12,17-19,23H,1-2,5,7-11,13-15H2;1H. The highest BCUT2D eigenvalue weighted by molar-refractivity contribution is 6.07. The second-order valence-electron chi connectivity index (χ2n) is 8.44. The molecule has 8 heteroatoms. The average molecular weight is 435 g/mol. The smallest absolute Gasteiger partial charge is 0.243 e. The Labute approximate surface area is 184 Å². The number of nitrogens with one attached hydrogen (secondary N) is 1. The first-order valence-corrected chi connectivity index (χ1v) is 10.9. The number of halogens is 1. The average Bonchev–Trinajstić information content (AvgIpc) is 2.93. The van der Waals surface area contributed by atoms with E-state index in [2.05, 4.69) is 10.3 Å². The molecule has 1 saturated carbocycles. The van der Waals surface area contributed by atoms with Gasteiger partial charge in [0.2, 0.25) is 17.7 Å². The summed E-state index contributed by atoms with van der Waals surface area (Å²) in [5.41, 5.74) is 0.825. The summed E-state index contributed by atoms with van der Waals surface area (Å²) in [7, 11) is 0. The normalized spacial score (nSPS) is 26.5.